The lowest BCUT2D eigenvalue weighted by Gasteiger charge is -2.28. The Bertz CT molecular complexity index is 769. The van der Waals surface area contributed by atoms with Crippen LogP contribution in [0, 0.1) is 5.92 Å². The minimum absolute atomic E-state index is 0.0186. The summed E-state index contributed by atoms with van der Waals surface area (Å²) < 4.78 is 1.36. The van der Waals surface area contributed by atoms with E-state index >= 15 is 0 Å². The Morgan fingerprint density at radius 3 is 2.71 bits per heavy atom. The van der Waals surface area contributed by atoms with Crippen LogP contribution in [-0.2, 0) is 0 Å². The maximum Gasteiger partial charge on any atom is 0.330 e. The molecule has 0 unspecified atom stereocenters. The molecule has 3 rings (SSSR count). The van der Waals surface area contributed by atoms with Crippen LogP contribution in [-0.4, -0.2) is 14.5 Å². The molecule has 2 aromatic rings. The van der Waals surface area contributed by atoms with E-state index in [-0.39, 0.29) is 17.3 Å². The molecule has 1 aliphatic carbocycles. The van der Waals surface area contributed by atoms with Crippen LogP contribution in [0.2, 0.25) is 0 Å². The standard InChI is InChI=1S/C15H20N4O2/c1-2-9-3-5-11(6-4-9)19-14(20)12-7-10(16)8-17-13(12)18-15(19)21/h7-9,11H,2-6,16H2,1H3,(H,17,18,21). The number of fused-ring (bicyclic) bond motifs is 1. The predicted molar refractivity (Wildman–Crippen MR) is 82.3 cm³/mol. The number of nitrogens with two attached hydrogens (primary N) is 1. The number of rotatable bonds is 2. The molecule has 0 aliphatic heterocycles. The van der Waals surface area contributed by atoms with Crippen LogP contribution in [0.3, 0.4) is 0 Å². The summed E-state index contributed by atoms with van der Waals surface area (Å²) in [4.78, 5) is 31.5. The van der Waals surface area contributed by atoms with Gasteiger partial charge in [0.15, 0.2) is 0 Å². The molecule has 2 aromatic heterocycles. The third kappa shape index (κ3) is 2.46. The van der Waals surface area contributed by atoms with Crippen LogP contribution in [0.15, 0.2) is 21.9 Å². The first-order chi connectivity index (χ1) is 10.1. The van der Waals surface area contributed by atoms with E-state index < -0.39 is 0 Å². The number of aromatic amines is 1. The second-order valence-corrected chi connectivity index (χ2v) is 5.85. The van der Waals surface area contributed by atoms with E-state index in [1.165, 1.54) is 10.8 Å². The van der Waals surface area contributed by atoms with E-state index in [1.54, 1.807) is 6.07 Å². The summed E-state index contributed by atoms with van der Waals surface area (Å²) in [5.41, 5.74) is 5.77. The first kappa shape index (κ1) is 13.9. The summed E-state index contributed by atoms with van der Waals surface area (Å²) in [6.07, 6.45) is 6.50. The molecule has 6 nitrogen and oxygen atoms in total. The highest BCUT2D eigenvalue weighted by Gasteiger charge is 2.24. The molecule has 3 N–H and O–H groups in total. The molecule has 112 valence electrons. The molecule has 0 radical (unpaired) electrons. The minimum atomic E-state index is -0.371. The first-order valence-electron chi connectivity index (χ1n) is 7.50. The second kappa shape index (κ2) is 5.35. The molecule has 0 spiro atoms. The molecule has 0 amide bonds. The van der Waals surface area contributed by atoms with Gasteiger partial charge < -0.3 is 5.73 Å². The van der Waals surface area contributed by atoms with Gasteiger partial charge in [-0.2, -0.15) is 0 Å². The molecule has 6 heteroatoms. The van der Waals surface area contributed by atoms with Crippen molar-refractivity contribution >= 4 is 16.7 Å². The van der Waals surface area contributed by atoms with Gasteiger partial charge >= 0.3 is 5.69 Å². The van der Waals surface area contributed by atoms with Crippen LogP contribution >= 0.6 is 0 Å². The third-order valence-electron chi connectivity index (χ3n) is 4.56. The van der Waals surface area contributed by atoms with Crippen LogP contribution in [0.1, 0.15) is 45.1 Å². The molecule has 0 atom stereocenters. The quantitative estimate of drug-likeness (QED) is 0.881. The van der Waals surface area contributed by atoms with Gasteiger partial charge in [-0.1, -0.05) is 13.3 Å². The van der Waals surface area contributed by atoms with Gasteiger partial charge in [0.25, 0.3) is 5.56 Å². The van der Waals surface area contributed by atoms with Gasteiger partial charge in [-0.05, 0) is 37.7 Å². The molecule has 2 heterocycles. The first-order valence-corrected chi connectivity index (χ1v) is 7.50. The number of aromatic nitrogens is 3. The summed E-state index contributed by atoms with van der Waals surface area (Å²) in [5.74, 6) is 0.716. The highest BCUT2D eigenvalue weighted by Crippen LogP contribution is 2.32. The Labute approximate surface area is 122 Å². The van der Waals surface area contributed by atoms with Crippen molar-refractivity contribution in [2.45, 2.75) is 45.1 Å². The van der Waals surface area contributed by atoms with Gasteiger partial charge in [-0.25, -0.2) is 9.78 Å². The summed E-state index contributed by atoms with van der Waals surface area (Å²) in [5, 5.41) is 0.382. The number of hydrogen-bond donors (Lipinski definition) is 2. The van der Waals surface area contributed by atoms with Gasteiger partial charge in [-0.15, -0.1) is 0 Å². The second-order valence-electron chi connectivity index (χ2n) is 5.85. The van der Waals surface area contributed by atoms with Crippen molar-refractivity contribution in [3.05, 3.63) is 33.1 Å². The van der Waals surface area contributed by atoms with Crippen LogP contribution in [0.4, 0.5) is 5.69 Å². The number of anilines is 1. The Balaban J connectivity index is 2.07. The van der Waals surface area contributed by atoms with Gasteiger partial charge in [0.2, 0.25) is 0 Å². The highest BCUT2D eigenvalue weighted by atomic mass is 16.2. The normalized spacial score (nSPS) is 22.5. The molecular formula is C15H20N4O2. The highest BCUT2D eigenvalue weighted by molar-refractivity contribution is 5.76. The summed E-state index contributed by atoms with van der Waals surface area (Å²) in [6.45, 7) is 2.19. The number of nitrogen functional groups attached to an aromatic ring is 1. The van der Waals surface area contributed by atoms with Crippen molar-refractivity contribution in [3.8, 4) is 0 Å². The molecule has 0 bridgehead atoms. The average molecular weight is 288 g/mol. The largest absolute Gasteiger partial charge is 0.397 e. The smallest absolute Gasteiger partial charge is 0.330 e. The van der Waals surface area contributed by atoms with Crippen molar-refractivity contribution in [1.82, 2.24) is 14.5 Å². The van der Waals surface area contributed by atoms with Crippen molar-refractivity contribution in [3.63, 3.8) is 0 Å². The zero-order valence-corrected chi connectivity index (χ0v) is 12.1. The molecule has 1 fully saturated rings. The van der Waals surface area contributed by atoms with Gasteiger partial charge in [0, 0.05) is 6.04 Å². The zero-order valence-electron chi connectivity index (χ0n) is 12.1. The number of H-pyrrole nitrogens is 1. The van der Waals surface area contributed by atoms with E-state index in [1.807, 2.05) is 0 Å². The number of pyridine rings is 1. The van der Waals surface area contributed by atoms with Crippen molar-refractivity contribution < 1.29 is 0 Å². The van der Waals surface area contributed by atoms with E-state index in [2.05, 4.69) is 16.9 Å². The minimum Gasteiger partial charge on any atom is -0.397 e. The fourth-order valence-electron chi connectivity index (χ4n) is 3.27. The van der Waals surface area contributed by atoms with Crippen molar-refractivity contribution in [1.29, 1.82) is 0 Å². The molecule has 0 aromatic carbocycles. The number of nitrogens with zero attached hydrogens (tertiary/aromatic N) is 2. The zero-order chi connectivity index (χ0) is 15.0. The monoisotopic (exact) mass is 288 g/mol. The molecule has 1 saturated carbocycles. The summed E-state index contributed by atoms with van der Waals surface area (Å²) in [7, 11) is 0. The van der Waals surface area contributed by atoms with Crippen LogP contribution < -0.4 is 17.0 Å². The van der Waals surface area contributed by atoms with E-state index in [0.717, 1.165) is 32.1 Å². The van der Waals surface area contributed by atoms with Gasteiger partial charge in [0.1, 0.15) is 5.65 Å². The predicted octanol–water partition coefficient (Wildman–Crippen LogP) is 1.81. The van der Waals surface area contributed by atoms with Crippen molar-refractivity contribution in [2.75, 3.05) is 5.73 Å². The number of hydrogen-bond acceptors (Lipinski definition) is 4. The lowest BCUT2D eigenvalue weighted by Crippen LogP contribution is -2.39. The Hall–Kier alpha value is -2.11. The van der Waals surface area contributed by atoms with Crippen molar-refractivity contribution in [2.24, 2.45) is 5.92 Å². The van der Waals surface area contributed by atoms with Crippen LogP contribution in [0.5, 0.6) is 0 Å². The Morgan fingerprint density at radius 1 is 1.33 bits per heavy atom. The molecule has 21 heavy (non-hydrogen) atoms. The fourth-order valence-corrected chi connectivity index (χ4v) is 3.27. The maximum atomic E-state index is 12.6. The lowest BCUT2D eigenvalue weighted by atomic mass is 9.84. The molecule has 0 saturated heterocycles. The third-order valence-corrected chi connectivity index (χ3v) is 4.56. The summed E-state index contributed by atoms with van der Waals surface area (Å²) >= 11 is 0. The summed E-state index contributed by atoms with van der Waals surface area (Å²) in [6, 6.07) is 1.56. The topological polar surface area (TPSA) is 93.8 Å². The van der Waals surface area contributed by atoms with Gasteiger partial charge in [-0.3, -0.25) is 14.3 Å². The number of nitrogens with one attached hydrogen (secondary N) is 1. The van der Waals surface area contributed by atoms with E-state index in [9.17, 15) is 9.59 Å². The average Bonchev–Trinajstić information content (AvgIpc) is 2.49. The molecular weight excluding hydrogens is 268 g/mol. The molecule has 1 aliphatic rings. The Morgan fingerprint density at radius 2 is 2.05 bits per heavy atom. The van der Waals surface area contributed by atoms with E-state index in [0.29, 0.717) is 22.6 Å². The van der Waals surface area contributed by atoms with E-state index in [4.69, 9.17) is 5.73 Å². The lowest BCUT2D eigenvalue weighted by molar-refractivity contribution is 0.261. The fraction of sp³-hybridized carbons (Fsp3) is 0.533. The Kier molecular flexibility index (Phi) is 3.53. The SMILES string of the molecule is CCC1CCC(n2c(=O)[nH]c3ncc(N)cc3c2=O)CC1. The maximum absolute atomic E-state index is 12.6. The van der Waals surface area contributed by atoms with Crippen LogP contribution in [0.25, 0.3) is 11.0 Å². The van der Waals surface area contributed by atoms with Gasteiger partial charge in [0.05, 0.1) is 17.3 Å².